The molecule has 2 N–H and O–H groups in total. The summed E-state index contributed by atoms with van der Waals surface area (Å²) in [6, 6.07) is 10.1. The molecule has 0 aromatic heterocycles. The fourth-order valence-electron chi connectivity index (χ4n) is 3.30. The summed E-state index contributed by atoms with van der Waals surface area (Å²) in [6.45, 7) is 0. The highest BCUT2D eigenvalue weighted by molar-refractivity contribution is 6.31. The average Bonchev–Trinajstić information content (AvgIpc) is 3.09. The third kappa shape index (κ3) is 3.20. The van der Waals surface area contributed by atoms with Gasteiger partial charge >= 0.3 is 0 Å². The van der Waals surface area contributed by atoms with Gasteiger partial charge in [-0.2, -0.15) is 0 Å². The van der Waals surface area contributed by atoms with E-state index in [-0.39, 0.29) is 17.7 Å². The van der Waals surface area contributed by atoms with E-state index in [1.54, 1.807) is 36.4 Å². The molecule has 0 atom stereocenters. The minimum absolute atomic E-state index is 0.0162. The minimum atomic E-state index is -0.298. The zero-order valence-corrected chi connectivity index (χ0v) is 14.2. The van der Waals surface area contributed by atoms with Gasteiger partial charge in [0.1, 0.15) is 5.75 Å². The first-order valence-electron chi connectivity index (χ1n) is 8.34. The summed E-state index contributed by atoms with van der Waals surface area (Å²) in [5.74, 6) is 0.752. The first kappa shape index (κ1) is 16.0. The number of carbonyl (C=O) groups excluding carboxylic acids is 2. The molecule has 1 heterocycles. The van der Waals surface area contributed by atoms with Crippen molar-refractivity contribution in [2.45, 2.75) is 25.7 Å². The Morgan fingerprint density at radius 3 is 2.68 bits per heavy atom. The molecule has 4 rings (SSSR count). The summed E-state index contributed by atoms with van der Waals surface area (Å²) in [5, 5.41) is 6.22. The van der Waals surface area contributed by atoms with E-state index < -0.39 is 0 Å². The van der Waals surface area contributed by atoms with E-state index in [1.807, 2.05) is 0 Å². The maximum absolute atomic E-state index is 12.5. The second kappa shape index (κ2) is 6.41. The zero-order chi connectivity index (χ0) is 17.4. The lowest BCUT2D eigenvalue weighted by Crippen LogP contribution is -2.20. The van der Waals surface area contributed by atoms with Crippen LogP contribution in [0.1, 0.15) is 36.0 Å². The molecule has 0 spiro atoms. The molecular weight excluding hydrogens is 340 g/mol. The molecule has 1 aliphatic carbocycles. The van der Waals surface area contributed by atoms with Gasteiger partial charge in [0, 0.05) is 16.6 Å². The van der Waals surface area contributed by atoms with Crippen LogP contribution in [0.4, 0.5) is 11.4 Å². The molecule has 0 saturated heterocycles. The average molecular weight is 357 g/mol. The van der Waals surface area contributed by atoms with E-state index in [2.05, 4.69) is 10.6 Å². The lowest BCUT2D eigenvalue weighted by molar-refractivity contribution is -0.119. The van der Waals surface area contributed by atoms with Gasteiger partial charge < -0.3 is 15.4 Å². The van der Waals surface area contributed by atoms with Gasteiger partial charge in [0.05, 0.1) is 11.3 Å². The van der Waals surface area contributed by atoms with E-state index in [0.717, 1.165) is 25.7 Å². The van der Waals surface area contributed by atoms with Crippen LogP contribution in [0, 0.1) is 5.92 Å². The number of hydrogen-bond donors (Lipinski definition) is 2. The van der Waals surface area contributed by atoms with Crippen molar-refractivity contribution in [2.75, 3.05) is 10.6 Å². The number of carbonyl (C=O) groups is 2. The van der Waals surface area contributed by atoms with Crippen LogP contribution in [0.15, 0.2) is 36.4 Å². The Morgan fingerprint density at radius 1 is 1.12 bits per heavy atom. The van der Waals surface area contributed by atoms with Crippen molar-refractivity contribution in [1.82, 2.24) is 0 Å². The first-order chi connectivity index (χ1) is 12.1. The van der Waals surface area contributed by atoms with Crippen molar-refractivity contribution in [3.8, 4) is 11.5 Å². The normalized spacial score (nSPS) is 16.3. The molecule has 2 amide bonds. The van der Waals surface area contributed by atoms with Gasteiger partial charge in [-0.25, -0.2) is 0 Å². The van der Waals surface area contributed by atoms with E-state index in [1.165, 1.54) is 0 Å². The smallest absolute Gasteiger partial charge is 0.259 e. The zero-order valence-electron chi connectivity index (χ0n) is 13.5. The molecule has 5 nitrogen and oxygen atoms in total. The van der Waals surface area contributed by atoms with Crippen LogP contribution in [0.2, 0.25) is 5.02 Å². The fraction of sp³-hybridized carbons (Fsp3) is 0.263. The van der Waals surface area contributed by atoms with E-state index >= 15 is 0 Å². The molecule has 2 aliphatic rings. The number of nitrogens with one attached hydrogen (secondary N) is 2. The van der Waals surface area contributed by atoms with Crippen LogP contribution in [-0.4, -0.2) is 11.8 Å². The molecule has 25 heavy (non-hydrogen) atoms. The van der Waals surface area contributed by atoms with Crippen LogP contribution in [-0.2, 0) is 4.79 Å². The third-order valence-electron chi connectivity index (χ3n) is 4.63. The Kier molecular flexibility index (Phi) is 4.09. The fourth-order valence-corrected chi connectivity index (χ4v) is 3.48. The number of ether oxygens (including phenoxy) is 1. The number of benzene rings is 2. The number of halogens is 1. The predicted octanol–water partition coefficient (Wildman–Crippen LogP) is 4.83. The Bertz CT molecular complexity index is 860. The van der Waals surface area contributed by atoms with Crippen molar-refractivity contribution >= 4 is 34.8 Å². The van der Waals surface area contributed by atoms with Gasteiger partial charge in [0.2, 0.25) is 5.91 Å². The van der Waals surface area contributed by atoms with E-state index in [9.17, 15) is 9.59 Å². The second-order valence-corrected chi connectivity index (χ2v) is 6.81. The predicted molar refractivity (Wildman–Crippen MR) is 96.5 cm³/mol. The molecule has 1 aliphatic heterocycles. The Hall–Kier alpha value is -2.53. The molecule has 6 heteroatoms. The lowest BCUT2D eigenvalue weighted by Gasteiger charge is -2.12. The van der Waals surface area contributed by atoms with Gasteiger partial charge in [-0.05, 0) is 49.2 Å². The maximum atomic E-state index is 12.5. The largest absolute Gasteiger partial charge is 0.454 e. The standard InChI is InChI=1S/C19H17ClN2O3/c20-12-5-7-17-15(9-12)22-19(24)14-10-13(6-8-16(14)25-17)21-18(23)11-3-1-2-4-11/h5-11H,1-4H2,(H,21,23)(H,22,24). The quantitative estimate of drug-likeness (QED) is 0.810. The van der Waals surface area contributed by atoms with E-state index in [0.29, 0.717) is 33.5 Å². The van der Waals surface area contributed by atoms with Gasteiger partial charge in [0.25, 0.3) is 5.91 Å². The van der Waals surface area contributed by atoms with Crippen molar-refractivity contribution in [2.24, 2.45) is 5.92 Å². The highest BCUT2D eigenvalue weighted by Gasteiger charge is 2.24. The van der Waals surface area contributed by atoms with Gasteiger partial charge in [0.15, 0.2) is 5.75 Å². The Balaban J connectivity index is 1.60. The van der Waals surface area contributed by atoms with E-state index in [4.69, 9.17) is 16.3 Å². The second-order valence-electron chi connectivity index (χ2n) is 6.38. The summed E-state index contributed by atoms with van der Waals surface area (Å²) in [6.07, 6.45) is 4.05. The number of amides is 2. The molecule has 0 radical (unpaired) electrons. The van der Waals surface area contributed by atoms with Crippen LogP contribution in [0.3, 0.4) is 0 Å². The summed E-state index contributed by atoms with van der Waals surface area (Å²) in [4.78, 5) is 24.8. The Morgan fingerprint density at radius 2 is 1.88 bits per heavy atom. The van der Waals surface area contributed by atoms with Crippen LogP contribution in [0.25, 0.3) is 0 Å². The number of rotatable bonds is 2. The topological polar surface area (TPSA) is 67.4 Å². The molecule has 0 unspecified atom stereocenters. The van der Waals surface area contributed by atoms with Crippen molar-refractivity contribution in [3.63, 3.8) is 0 Å². The number of fused-ring (bicyclic) bond motifs is 2. The highest BCUT2D eigenvalue weighted by atomic mass is 35.5. The Labute approximate surface area is 150 Å². The number of anilines is 2. The van der Waals surface area contributed by atoms with Crippen LogP contribution >= 0.6 is 11.6 Å². The van der Waals surface area contributed by atoms with Gasteiger partial charge in [-0.1, -0.05) is 24.4 Å². The molecule has 1 saturated carbocycles. The third-order valence-corrected chi connectivity index (χ3v) is 4.86. The maximum Gasteiger partial charge on any atom is 0.259 e. The monoisotopic (exact) mass is 356 g/mol. The van der Waals surface area contributed by atoms with Gasteiger partial charge in [-0.3, -0.25) is 9.59 Å². The van der Waals surface area contributed by atoms with Crippen molar-refractivity contribution in [3.05, 3.63) is 47.0 Å². The number of hydrogen-bond acceptors (Lipinski definition) is 3. The SMILES string of the molecule is O=C1Nc2cc(Cl)ccc2Oc2ccc(NC(=O)C3CCCC3)cc21. The van der Waals surface area contributed by atoms with Crippen molar-refractivity contribution < 1.29 is 14.3 Å². The molecule has 1 fully saturated rings. The molecular formula is C19H17ClN2O3. The summed E-state index contributed by atoms with van der Waals surface area (Å²) < 4.78 is 5.83. The molecule has 128 valence electrons. The molecule has 2 aromatic carbocycles. The minimum Gasteiger partial charge on any atom is -0.454 e. The highest BCUT2D eigenvalue weighted by Crippen LogP contribution is 2.38. The van der Waals surface area contributed by atoms with Crippen molar-refractivity contribution in [1.29, 1.82) is 0 Å². The first-order valence-corrected chi connectivity index (χ1v) is 8.71. The summed E-state index contributed by atoms with van der Waals surface area (Å²) >= 11 is 5.98. The summed E-state index contributed by atoms with van der Waals surface area (Å²) in [5.41, 5.74) is 1.49. The lowest BCUT2D eigenvalue weighted by atomic mass is 10.1. The summed E-state index contributed by atoms with van der Waals surface area (Å²) in [7, 11) is 0. The molecule has 2 aromatic rings. The molecule has 0 bridgehead atoms. The van der Waals surface area contributed by atoms with Gasteiger partial charge in [-0.15, -0.1) is 0 Å². The van der Waals surface area contributed by atoms with Crippen LogP contribution < -0.4 is 15.4 Å². The van der Waals surface area contributed by atoms with Crippen LogP contribution in [0.5, 0.6) is 11.5 Å².